The first-order valence-electron chi connectivity index (χ1n) is 8.21. The molecular formula is C20H17F3N2O. The average molecular weight is 358 g/mol. The number of nitrogens with zero attached hydrogens (tertiary/aromatic N) is 1. The maximum atomic E-state index is 12.9. The fourth-order valence-corrected chi connectivity index (χ4v) is 2.81. The number of halogens is 3. The lowest BCUT2D eigenvalue weighted by molar-refractivity contribution is -0.137. The van der Waals surface area contributed by atoms with E-state index in [0.717, 1.165) is 23.0 Å². The molecule has 0 bridgehead atoms. The van der Waals surface area contributed by atoms with Crippen molar-refractivity contribution in [3.63, 3.8) is 0 Å². The van der Waals surface area contributed by atoms with E-state index in [1.807, 2.05) is 13.0 Å². The van der Waals surface area contributed by atoms with Crippen LogP contribution in [0.2, 0.25) is 0 Å². The van der Waals surface area contributed by atoms with E-state index in [2.05, 4.69) is 10.3 Å². The van der Waals surface area contributed by atoms with Crippen molar-refractivity contribution in [1.82, 2.24) is 10.3 Å². The van der Waals surface area contributed by atoms with Gasteiger partial charge >= 0.3 is 6.18 Å². The Morgan fingerprint density at radius 3 is 2.65 bits per heavy atom. The molecule has 26 heavy (non-hydrogen) atoms. The maximum Gasteiger partial charge on any atom is 0.416 e. The summed E-state index contributed by atoms with van der Waals surface area (Å²) in [6.07, 6.45) is -2.27. The predicted molar refractivity (Wildman–Crippen MR) is 93.7 cm³/mol. The van der Waals surface area contributed by atoms with Crippen LogP contribution in [0.3, 0.4) is 0 Å². The van der Waals surface area contributed by atoms with Gasteiger partial charge in [-0.05, 0) is 48.4 Å². The number of carbonyl (C=O) groups is 1. The third kappa shape index (κ3) is 3.85. The smallest absolute Gasteiger partial charge is 0.345 e. The van der Waals surface area contributed by atoms with Gasteiger partial charge in [-0.3, -0.25) is 9.78 Å². The van der Waals surface area contributed by atoms with Crippen molar-refractivity contribution in [1.29, 1.82) is 0 Å². The molecule has 1 heterocycles. The predicted octanol–water partition coefficient (Wildman–Crippen LogP) is 5.13. The molecule has 1 atom stereocenters. The number of fused-ring (bicyclic) bond motifs is 1. The average Bonchev–Trinajstić information content (AvgIpc) is 2.65. The van der Waals surface area contributed by atoms with Crippen molar-refractivity contribution in [2.45, 2.75) is 25.6 Å². The molecule has 1 aromatic heterocycles. The molecule has 0 aliphatic rings. The van der Waals surface area contributed by atoms with Crippen LogP contribution >= 0.6 is 0 Å². The normalized spacial score (nSPS) is 12.8. The van der Waals surface area contributed by atoms with Crippen molar-refractivity contribution >= 4 is 16.8 Å². The summed E-state index contributed by atoms with van der Waals surface area (Å²) in [5.41, 5.74) is 0.919. The van der Waals surface area contributed by atoms with Crippen LogP contribution in [0.25, 0.3) is 10.9 Å². The minimum Gasteiger partial charge on any atom is -0.345 e. The first-order chi connectivity index (χ1) is 12.4. The van der Waals surface area contributed by atoms with Crippen LogP contribution in [-0.4, -0.2) is 10.9 Å². The van der Waals surface area contributed by atoms with Crippen LogP contribution in [0.5, 0.6) is 0 Å². The van der Waals surface area contributed by atoms with Gasteiger partial charge in [-0.15, -0.1) is 0 Å². The van der Waals surface area contributed by atoms with Gasteiger partial charge < -0.3 is 5.32 Å². The quantitative estimate of drug-likeness (QED) is 0.702. The summed E-state index contributed by atoms with van der Waals surface area (Å²) in [5.74, 6) is -0.333. The fraction of sp³-hybridized carbons (Fsp3) is 0.200. The van der Waals surface area contributed by atoms with Crippen molar-refractivity contribution < 1.29 is 18.0 Å². The molecule has 0 radical (unpaired) electrons. The second-order valence-electron chi connectivity index (χ2n) is 5.97. The number of alkyl halides is 3. The topological polar surface area (TPSA) is 42.0 Å². The van der Waals surface area contributed by atoms with Crippen molar-refractivity contribution in [2.24, 2.45) is 0 Å². The number of benzene rings is 2. The van der Waals surface area contributed by atoms with Crippen LogP contribution in [0.15, 0.2) is 60.8 Å². The Morgan fingerprint density at radius 1 is 1.12 bits per heavy atom. The molecule has 0 saturated carbocycles. The van der Waals surface area contributed by atoms with Gasteiger partial charge in [0.1, 0.15) is 0 Å². The van der Waals surface area contributed by atoms with E-state index in [4.69, 9.17) is 0 Å². The molecule has 0 spiro atoms. The van der Waals surface area contributed by atoms with Gasteiger partial charge in [-0.1, -0.05) is 25.1 Å². The highest BCUT2D eigenvalue weighted by atomic mass is 19.4. The molecule has 0 aliphatic carbocycles. The van der Waals surface area contributed by atoms with Gasteiger partial charge in [0.15, 0.2) is 0 Å². The van der Waals surface area contributed by atoms with Crippen LogP contribution in [0.1, 0.15) is 40.9 Å². The summed E-state index contributed by atoms with van der Waals surface area (Å²) in [5, 5.41) is 3.64. The molecule has 3 aromatic rings. The van der Waals surface area contributed by atoms with Crippen molar-refractivity contribution in [2.75, 3.05) is 0 Å². The van der Waals surface area contributed by atoms with E-state index < -0.39 is 17.8 Å². The van der Waals surface area contributed by atoms with E-state index in [0.29, 0.717) is 17.5 Å². The second kappa shape index (κ2) is 7.15. The first-order valence-corrected chi connectivity index (χ1v) is 8.21. The van der Waals surface area contributed by atoms with Gasteiger partial charge in [0.25, 0.3) is 5.91 Å². The first kappa shape index (κ1) is 17.9. The number of aromatic nitrogens is 1. The van der Waals surface area contributed by atoms with Crippen LogP contribution in [0.4, 0.5) is 13.2 Å². The second-order valence-corrected chi connectivity index (χ2v) is 5.97. The van der Waals surface area contributed by atoms with Crippen LogP contribution in [-0.2, 0) is 6.18 Å². The molecule has 1 unspecified atom stereocenters. The fourth-order valence-electron chi connectivity index (χ4n) is 2.81. The SMILES string of the molecule is CCC(NC(=O)c1ccc2ncccc2c1)c1cccc(C(F)(F)F)c1. The molecule has 1 amide bonds. The van der Waals surface area contributed by atoms with Gasteiger partial charge in [-0.2, -0.15) is 13.2 Å². The number of hydrogen-bond acceptors (Lipinski definition) is 2. The molecule has 1 N–H and O–H groups in total. The number of pyridine rings is 1. The Kier molecular flexibility index (Phi) is 4.93. The van der Waals surface area contributed by atoms with Gasteiger partial charge in [0, 0.05) is 17.1 Å². The monoisotopic (exact) mass is 358 g/mol. The van der Waals surface area contributed by atoms with Gasteiger partial charge in [0.2, 0.25) is 0 Å². The zero-order valence-corrected chi connectivity index (χ0v) is 14.0. The van der Waals surface area contributed by atoms with E-state index in [-0.39, 0.29) is 5.91 Å². The molecule has 0 fully saturated rings. The zero-order valence-electron chi connectivity index (χ0n) is 14.0. The Balaban J connectivity index is 1.84. The van der Waals surface area contributed by atoms with Crippen LogP contribution in [0, 0.1) is 0 Å². The molecule has 0 aliphatic heterocycles. The number of hydrogen-bond donors (Lipinski definition) is 1. The van der Waals surface area contributed by atoms with E-state index >= 15 is 0 Å². The lowest BCUT2D eigenvalue weighted by Crippen LogP contribution is -2.28. The van der Waals surface area contributed by atoms with Crippen LogP contribution < -0.4 is 5.32 Å². The standard InChI is InChI=1S/C20H17F3N2O/c1-2-17(14-5-3-7-16(12-14)20(21,22)23)25-19(26)15-8-9-18-13(11-15)6-4-10-24-18/h3-12,17H,2H2,1H3,(H,25,26). The molecule has 3 rings (SSSR count). The highest BCUT2D eigenvalue weighted by Gasteiger charge is 2.31. The Bertz CT molecular complexity index is 937. The summed E-state index contributed by atoms with van der Waals surface area (Å²) in [4.78, 5) is 16.8. The lowest BCUT2D eigenvalue weighted by atomic mass is 10.0. The highest BCUT2D eigenvalue weighted by Crippen LogP contribution is 2.31. The van der Waals surface area contributed by atoms with E-state index in [1.165, 1.54) is 6.07 Å². The maximum absolute atomic E-state index is 12.9. The summed E-state index contributed by atoms with van der Waals surface area (Å²) in [6, 6.07) is 13.3. The molecule has 134 valence electrons. The molecule has 3 nitrogen and oxygen atoms in total. The Morgan fingerprint density at radius 2 is 1.92 bits per heavy atom. The minimum atomic E-state index is -4.41. The third-order valence-electron chi connectivity index (χ3n) is 4.20. The third-order valence-corrected chi connectivity index (χ3v) is 4.20. The van der Waals surface area contributed by atoms with E-state index in [1.54, 1.807) is 36.5 Å². The largest absolute Gasteiger partial charge is 0.416 e. The Hall–Kier alpha value is -2.89. The summed E-state index contributed by atoms with van der Waals surface area (Å²) < 4.78 is 38.8. The highest BCUT2D eigenvalue weighted by molar-refractivity contribution is 5.98. The summed E-state index contributed by atoms with van der Waals surface area (Å²) >= 11 is 0. The molecule has 0 saturated heterocycles. The van der Waals surface area contributed by atoms with Crippen molar-refractivity contribution in [3.05, 3.63) is 77.5 Å². The minimum absolute atomic E-state index is 0.333. The number of amides is 1. The Labute approximate surface area is 148 Å². The zero-order chi connectivity index (χ0) is 18.7. The van der Waals surface area contributed by atoms with Crippen molar-refractivity contribution in [3.8, 4) is 0 Å². The van der Waals surface area contributed by atoms with E-state index in [9.17, 15) is 18.0 Å². The number of carbonyl (C=O) groups excluding carboxylic acids is 1. The summed E-state index contributed by atoms with van der Waals surface area (Å²) in [7, 11) is 0. The number of rotatable bonds is 4. The molecular weight excluding hydrogens is 341 g/mol. The summed E-state index contributed by atoms with van der Waals surface area (Å²) in [6.45, 7) is 1.82. The van der Waals surface area contributed by atoms with Gasteiger partial charge in [0.05, 0.1) is 17.1 Å². The molecule has 6 heteroatoms. The molecule has 2 aromatic carbocycles. The van der Waals surface area contributed by atoms with Gasteiger partial charge in [-0.25, -0.2) is 0 Å². The number of nitrogens with one attached hydrogen (secondary N) is 1. The lowest BCUT2D eigenvalue weighted by Gasteiger charge is -2.19.